The largest absolute Gasteiger partial charge is 0.339 e. The normalized spacial score (nSPS) is 9.80. The maximum Gasteiger partial charge on any atom is 0.285 e. The molecule has 0 aromatic heterocycles. The van der Waals surface area contributed by atoms with E-state index >= 15 is 0 Å². The first-order valence-electron chi connectivity index (χ1n) is 4.19. The summed E-state index contributed by atoms with van der Waals surface area (Å²) in [5.41, 5.74) is 0.429. The van der Waals surface area contributed by atoms with Crippen molar-refractivity contribution < 1.29 is 9.59 Å². The Balaban J connectivity index is 2.73. The van der Waals surface area contributed by atoms with E-state index in [9.17, 15) is 9.59 Å². The Morgan fingerprint density at radius 3 is 2.13 bits per heavy atom. The van der Waals surface area contributed by atoms with Crippen LogP contribution < -0.4 is 0 Å². The number of carbonyl (C=O) groups is 2. The summed E-state index contributed by atoms with van der Waals surface area (Å²) in [6, 6.07) is 6.59. The van der Waals surface area contributed by atoms with Crippen LogP contribution in [0.2, 0.25) is 0 Å². The van der Waals surface area contributed by atoms with Gasteiger partial charge in [0, 0.05) is 24.6 Å². The van der Waals surface area contributed by atoms with Gasteiger partial charge in [-0.25, -0.2) is 0 Å². The van der Waals surface area contributed by atoms with Gasteiger partial charge in [0.15, 0.2) is 0 Å². The van der Waals surface area contributed by atoms with Crippen LogP contribution in [-0.4, -0.2) is 29.5 Å². The predicted molar refractivity (Wildman–Crippen MR) is 61.6 cm³/mol. The van der Waals surface area contributed by atoms with Gasteiger partial charge in [0.1, 0.15) is 0 Å². The summed E-state index contributed by atoms with van der Waals surface area (Å²) >= 11 is 6.40. The summed E-state index contributed by atoms with van der Waals surface area (Å²) in [5, 5.41) is -0.551. The fourth-order valence-corrected chi connectivity index (χ4v) is 1.63. The molecule has 0 saturated heterocycles. The second-order valence-corrected chi connectivity index (χ2v) is 4.43. The summed E-state index contributed by atoms with van der Waals surface area (Å²) in [5.74, 6) is 0. The standard InChI is InChI=1S/C10H10ClNO2S/c1-12(2)10(14)15-8-5-3-7(4-6-8)9(11)13/h3-6H,1-2H3. The molecule has 0 radical (unpaired) electrons. The monoisotopic (exact) mass is 243 g/mol. The van der Waals surface area contributed by atoms with Crippen molar-refractivity contribution in [1.82, 2.24) is 4.90 Å². The van der Waals surface area contributed by atoms with E-state index in [-0.39, 0.29) is 5.24 Å². The number of hydrogen-bond donors (Lipinski definition) is 0. The van der Waals surface area contributed by atoms with E-state index in [4.69, 9.17) is 11.6 Å². The van der Waals surface area contributed by atoms with Crippen LogP contribution in [0.5, 0.6) is 0 Å². The maximum atomic E-state index is 11.3. The molecule has 0 heterocycles. The van der Waals surface area contributed by atoms with Crippen molar-refractivity contribution in [3.63, 3.8) is 0 Å². The Kier molecular flexibility index (Phi) is 4.17. The number of thioether (sulfide) groups is 1. The van der Waals surface area contributed by atoms with Crippen LogP contribution in [0.15, 0.2) is 29.2 Å². The van der Waals surface area contributed by atoms with Crippen molar-refractivity contribution in [2.75, 3.05) is 14.1 Å². The van der Waals surface area contributed by atoms with Crippen LogP contribution in [0.25, 0.3) is 0 Å². The van der Waals surface area contributed by atoms with Gasteiger partial charge in [0.2, 0.25) is 0 Å². The highest BCUT2D eigenvalue weighted by Gasteiger charge is 2.07. The van der Waals surface area contributed by atoms with Crippen LogP contribution in [0.1, 0.15) is 10.4 Å². The van der Waals surface area contributed by atoms with Gasteiger partial charge < -0.3 is 4.90 Å². The van der Waals surface area contributed by atoms with E-state index in [1.54, 1.807) is 38.4 Å². The molecule has 0 saturated carbocycles. The highest BCUT2D eigenvalue weighted by Crippen LogP contribution is 2.21. The van der Waals surface area contributed by atoms with Gasteiger partial charge in [0.05, 0.1) is 0 Å². The van der Waals surface area contributed by atoms with Gasteiger partial charge in [-0.05, 0) is 47.6 Å². The minimum Gasteiger partial charge on any atom is -0.339 e. The third-order valence-electron chi connectivity index (χ3n) is 1.65. The lowest BCUT2D eigenvalue weighted by Gasteiger charge is -2.08. The molecule has 1 aromatic rings. The predicted octanol–water partition coefficient (Wildman–Crippen LogP) is 2.84. The Morgan fingerprint density at radius 1 is 1.20 bits per heavy atom. The fourth-order valence-electron chi connectivity index (χ4n) is 0.846. The summed E-state index contributed by atoms with van der Waals surface area (Å²) in [6.07, 6.45) is 0. The van der Waals surface area contributed by atoms with E-state index in [1.165, 1.54) is 4.90 Å². The maximum absolute atomic E-state index is 11.3. The lowest BCUT2D eigenvalue weighted by atomic mass is 10.2. The Hall–Kier alpha value is -1.00. The number of nitrogens with zero attached hydrogens (tertiary/aromatic N) is 1. The van der Waals surface area contributed by atoms with Crippen LogP contribution in [0.4, 0.5) is 4.79 Å². The minimum absolute atomic E-state index is 0.0556. The average Bonchev–Trinajstić information content (AvgIpc) is 2.18. The molecule has 0 spiro atoms. The summed E-state index contributed by atoms with van der Waals surface area (Å²) < 4.78 is 0. The van der Waals surface area contributed by atoms with Crippen molar-refractivity contribution in [3.05, 3.63) is 29.8 Å². The number of benzene rings is 1. The molecule has 0 aliphatic rings. The molecule has 1 aromatic carbocycles. The van der Waals surface area contributed by atoms with Crippen molar-refractivity contribution in [2.45, 2.75) is 4.90 Å². The molecule has 80 valence electrons. The fraction of sp³-hybridized carbons (Fsp3) is 0.200. The number of amides is 1. The molecular weight excluding hydrogens is 234 g/mol. The molecule has 3 nitrogen and oxygen atoms in total. The minimum atomic E-state index is -0.495. The van der Waals surface area contributed by atoms with Crippen LogP contribution >= 0.6 is 23.4 Å². The zero-order valence-corrected chi connectivity index (χ0v) is 9.93. The second kappa shape index (κ2) is 5.19. The molecule has 5 heteroatoms. The van der Waals surface area contributed by atoms with Crippen molar-refractivity contribution in [1.29, 1.82) is 0 Å². The number of halogens is 1. The Morgan fingerprint density at radius 2 is 1.73 bits per heavy atom. The van der Waals surface area contributed by atoms with Crippen molar-refractivity contribution >= 4 is 33.8 Å². The zero-order chi connectivity index (χ0) is 11.4. The van der Waals surface area contributed by atoms with E-state index < -0.39 is 5.24 Å². The molecule has 0 atom stereocenters. The van der Waals surface area contributed by atoms with Crippen molar-refractivity contribution in [2.24, 2.45) is 0 Å². The van der Waals surface area contributed by atoms with Crippen LogP contribution in [-0.2, 0) is 0 Å². The van der Waals surface area contributed by atoms with Crippen LogP contribution in [0, 0.1) is 0 Å². The van der Waals surface area contributed by atoms with Gasteiger partial charge in [-0.1, -0.05) is 0 Å². The summed E-state index contributed by atoms with van der Waals surface area (Å²) in [7, 11) is 3.37. The second-order valence-electron chi connectivity index (χ2n) is 3.06. The lowest BCUT2D eigenvalue weighted by molar-refractivity contribution is 0.108. The van der Waals surface area contributed by atoms with E-state index in [0.29, 0.717) is 5.56 Å². The van der Waals surface area contributed by atoms with Crippen molar-refractivity contribution in [3.8, 4) is 0 Å². The highest BCUT2D eigenvalue weighted by molar-refractivity contribution is 8.13. The van der Waals surface area contributed by atoms with Gasteiger partial charge >= 0.3 is 0 Å². The smallest absolute Gasteiger partial charge is 0.285 e. The molecule has 0 aliphatic carbocycles. The van der Waals surface area contributed by atoms with E-state index in [2.05, 4.69) is 0 Å². The van der Waals surface area contributed by atoms with Crippen LogP contribution in [0.3, 0.4) is 0 Å². The van der Waals surface area contributed by atoms with E-state index in [1.807, 2.05) is 0 Å². The Labute approximate surface area is 97.4 Å². The topological polar surface area (TPSA) is 37.4 Å². The van der Waals surface area contributed by atoms with Gasteiger partial charge in [-0.2, -0.15) is 0 Å². The Bertz CT molecular complexity index is 376. The molecule has 0 bridgehead atoms. The SMILES string of the molecule is CN(C)C(=O)Sc1ccc(C(=O)Cl)cc1. The molecule has 1 amide bonds. The molecule has 0 fully saturated rings. The molecule has 15 heavy (non-hydrogen) atoms. The lowest BCUT2D eigenvalue weighted by Crippen LogP contribution is -2.15. The summed E-state index contributed by atoms with van der Waals surface area (Å²) in [4.78, 5) is 24.4. The number of hydrogen-bond acceptors (Lipinski definition) is 3. The first kappa shape index (κ1) is 12.1. The number of rotatable bonds is 2. The quantitative estimate of drug-likeness (QED) is 0.592. The third kappa shape index (κ3) is 3.57. The van der Waals surface area contributed by atoms with Gasteiger partial charge in [-0.15, -0.1) is 0 Å². The number of carbonyl (C=O) groups excluding carboxylic acids is 2. The van der Waals surface area contributed by atoms with Gasteiger partial charge in [-0.3, -0.25) is 9.59 Å². The molecule has 1 rings (SSSR count). The van der Waals surface area contributed by atoms with E-state index in [0.717, 1.165) is 16.7 Å². The first-order chi connectivity index (χ1) is 7.00. The first-order valence-corrected chi connectivity index (χ1v) is 5.39. The average molecular weight is 244 g/mol. The highest BCUT2D eigenvalue weighted by atomic mass is 35.5. The van der Waals surface area contributed by atoms with Gasteiger partial charge in [0.25, 0.3) is 10.5 Å². The molecular formula is C10H10ClNO2S. The third-order valence-corrected chi connectivity index (χ3v) is 2.92. The molecule has 0 unspecified atom stereocenters. The zero-order valence-electron chi connectivity index (χ0n) is 8.36. The summed E-state index contributed by atoms with van der Waals surface area (Å²) in [6.45, 7) is 0. The molecule has 0 N–H and O–H groups in total. The molecule has 0 aliphatic heterocycles.